The van der Waals surface area contributed by atoms with E-state index in [1.54, 1.807) is 30.0 Å². The highest BCUT2D eigenvalue weighted by atomic mass is 35.5. The molecule has 0 aliphatic heterocycles. The molecule has 2 rings (SSSR count). The Morgan fingerprint density at radius 2 is 1.61 bits per heavy atom. The molecular formula is C27H36ClN3O3S2. The van der Waals surface area contributed by atoms with E-state index in [4.69, 9.17) is 11.6 Å². The first-order chi connectivity index (χ1) is 17.5. The van der Waals surface area contributed by atoms with Crippen LogP contribution >= 0.6 is 35.1 Å². The van der Waals surface area contributed by atoms with Crippen LogP contribution in [0, 0.1) is 10.1 Å². The zero-order chi connectivity index (χ0) is 26.0. The largest absolute Gasteiger partial charge is 0.272 e. The summed E-state index contributed by atoms with van der Waals surface area (Å²) in [6, 6.07) is 12.0. The molecule has 0 saturated carbocycles. The maximum absolute atomic E-state index is 12.1. The fourth-order valence-corrected chi connectivity index (χ4v) is 5.37. The molecule has 0 aliphatic rings. The van der Waals surface area contributed by atoms with Crippen LogP contribution in [0.1, 0.15) is 76.7 Å². The lowest BCUT2D eigenvalue weighted by atomic mass is 10.1. The summed E-state index contributed by atoms with van der Waals surface area (Å²) in [4.78, 5) is 24.8. The van der Waals surface area contributed by atoms with Crippen LogP contribution in [0.3, 0.4) is 0 Å². The number of nitro benzene ring substituents is 1. The van der Waals surface area contributed by atoms with Gasteiger partial charge in [-0.2, -0.15) is 5.10 Å². The van der Waals surface area contributed by atoms with Gasteiger partial charge in [-0.1, -0.05) is 76.3 Å². The first-order valence-corrected chi connectivity index (χ1v) is 15.0. The van der Waals surface area contributed by atoms with Crippen molar-refractivity contribution in [3.05, 3.63) is 63.2 Å². The normalized spacial score (nSPS) is 11.2. The minimum atomic E-state index is -0.421. The topological polar surface area (TPSA) is 84.6 Å². The third kappa shape index (κ3) is 12.8. The molecule has 2 aromatic carbocycles. The summed E-state index contributed by atoms with van der Waals surface area (Å²) in [5.74, 6) is 0.893. The Kier molecular flexibility index (Phi) is 15.3. The number of rotatable bonds is 18. The molecule has 0 aliphatic carbocycles. The van der Waals surface area contributed by atoms with Crippen LogP contribution in [0.2, 0.25) is 5.02 Å². The van der Waals surface area contributed by atoms with Crippen LogP contribution in [0.15, 0.2) is 57.4 Å². The third-order valence-corrected chi connectivity index (χ3v) is 7.98. The van der Waals surface area contributed by atoms with Crippen molar-refractivity contribution in [1.29, 1.82) is 0 Å². The van der Waals surface area contributed by atoms with Crippen molar-refractivity contribution in [1.82, 2.24) is 5.43 Å². The second kappa shape index (κ2) is 18.3. The van der Waals surface area contributed by atoms with Crippen LogP contribution in [-0.2, 0) is 4.79 Å². The number of non-ortho nitro benzene ring substituents is 1. The van der Waals surface area contributed by atoms with E-state index in [-0.39, 0.29) is 17.3 Å². The van der Waals surface area contributed by atoms with Crippen LogP contribution < -0.4 is 5.43 Å². The van der Waals surface area contributed by atoms with Gasteiger partial charge in [0.05, 0.1) is 16.9 Å². The van der Waals surface area contributed by atoms with Crippen molar-refractivity contribution in [2.24, 2.45) is 5.10 Å². The summed E-state index contributed by atoms with van der Waals surface area (Å²) >= 11 is 8.93. The van der Waals surface area contributed by atoms with E-state index >= 15 is 0 Å². The summed E-state index contributed by atoms with van der Waals surface area (Å²) < 4.78 is 0. The number of benzene rings is 2. The lowest BCUT2D eigenvalue weighted by molar-refractivity contribution is -0.384. The van der Waals surface area contributed by atoms with Crippen molar-refractivity contribution in [2.45, 2.75) is 80.9 Å². The van der Waals surface area contributed by atoms with E-state index in [2.05, 4.69) is 17.5 Å². The van der Waals surface area contributed by atoms with Gasteiger partial charge in [0.15, 0.2) is 0 Å². The molecule has 0 unspecified atom stereocenters. The fraction of sp³-hybridized carbons (Fsp3) is 0.481. The van der Waals surface area contributed by atoms with Crippen molar-refractivity contribution < 1.29 is 9.72 Å². The molecule has 0 radical (unpaired) electrons. The highest BCUT2D eigenvalue weighted by Gasteiger charge is 2.10. The SMILES string of the molecule is CCCCCCCCCCCCSc1ccc([N+](=O)[O-])cc1/C=N\NC(=O)CSc1ccc(Cl)cc1. The molecule has 2 aromatic rings. The van der Waals surface area contributed by atoms with Gasteiger partial charge in [0.25, 0.3) is 5.69 Å². The van der Waals surface area contributed by atoms with Crippen LogP contribution in [-0.4, -0.2) is 28.6 Å². The molecule has 6 nitrogen and oxygen atoms in total. The van der Waals surface area contributed by atoms with Crippen molar-refractivity contribution in [3.63, 3.8) is 0 Å². The molecule has 9 heteroatoms. The molecule has 0 spiro atoms. The van der Waals surface area contributed by atoms with Gasteiger partial charge in [0.1, 0.15) is 0 Å². The Hall–Kier alpha value is -2.03. The zero-order valence-electron chi connectivity index (χ0n) is 20.9. The number of unbranched alkanes of at least 4 members (excludes halogenated alkanes) is 9. The van der Waals surface area contributed by atoms with Gasteiger partial charge < -0.3 is 0 Å². The van der Waals surface area contributed by atoms with Crippen molar-refractivity contribution >= 4 is 52.9 Å². The Labute approximate surface area is 228 Å². The Morgan fingerprint density at radius 3 is 2.25 bits per heavy atom. The molecule has 0 aromatic heterocycles. The number of hydrogen-bond donors (Lipinski definition) is 1. The Morgan fingerprint density at radius 1 is 0.972 bits per heavy atom. The quantitative estimate of drug-likeness (QED) is 0.0662. The molecule has 0 bridgehead atoms. The number of carbonyl (C=O) groups excluding carboxylic acids is 1. The van der Waals surface area contributed by atoms with Gasteiger partial charge in [0, 0.05) is 32.5 Å². The van der Waals surface area contributed by atoms with Gasteiger partial charge in [-0.15, -0.1) is 23.5 Å². The summed E-state index contributed by atoms with van der Waals surface area (Å²) in [6.07, 6.45) is 14.4. The molecule has 0 saturated heterocycles. The average Bonchev–Trinajstić information content (AvgIpc) is 2.87. The maximum Gasteiger partial charge on any atom is 0.270 e. The lowest BCUT2D eigenvalue weighted by Crippen LogP contribution is -2.19. The van der Waals surface area contributed by atoms with Crippen LogP contribution in [0.25, 0.3) is 0 Å². The minimum Gasteiger partial charge on any atom is -0.272 e. The summed E-state index contributed by atoms with van der Waals surface area (Å²) in [5, 5.41) is 15.9. The summed E-state index contributed by atoms with van der Waals surface area (Å²) in [7, 11) is 0. The number of hydrogen-bond acceptors (Lipinski definition) is 6. The standard InChI is InChI=1S/C27H36ClN3O3S2/c1-2-3-4-5-6-7-8-9-10-11-18-35-26-17-14-24(31(33)34)19-22(26)20-29-30-27(32)21-36-25-15-12-23(28)13-16-25/h12-17,19-20H,2-11,18,21H2,1H3,(H,30,32)/b29-20-. The second-order valence-electron chi connectivity index (χ2n) is 8.55. The van der Waals surface area contributed by atoms with Gasteiger partial charge in [0.2, 0.25) is 5.91 Å². The molecular weight excluding hydrogens is 514 g/mol. The lowest BCUT2D eigenvalue weighted by Gasteiger charge is -2.07. The van der Waals surface area contributed by atoms with Gasteiger partial charge in [-0.25, -0.2) is 5.43 Å². The number of hydrazone groups is 1. The smallest absolute Gasteiger partial charge is 0.270 e. The molecule has 0 fully saturated rings. The molecule has 0 heterocycles. The number of nitro groups is 1. The number of nitrogens with zero attached hydrogens (tertiary/aromatic N) is 2. The number of carbonyl (C=O) groups is 1. The van der Waals surface area contributed by atoms with Gasteiger partial charge in [-0.3, -0.25) is 14.9 Å². The number of nitrogens with one attached hydrogen (secondary N) is 1. The van der Waals surface area contributed by atoms with Crippen LogP contribution in [0.4, 0.5) is 5.69 Å². The highest BCUT2D eigenvalue weighted by molar-refractivity contribution is 8.00. The van der Waals surface area contributed by atoms with Crippen LogP contribution in [0.5, 0.6) is 0 Å². The molecule has 1 N–H and O–H groups in total. The first kappa shape index (κ1) is 30.2. The van der Waals surface area contributed by atoms with Crippen molar-refractivity contribution in [2.75, 3.05) is 11.5 Å². The average molecular weight is 550 g/mol. The Bertz CT molecular complexity index is 971. The summed E-state index contributed by atoms with van der Waals surface area (Å²) in [5.41, 5.74) is 3.14. The van der Waals surface area contributed by atoms with Gasteiger partial charge >= 0.3 is 0 Å². The van der Waals surface area contributed by atoms with E-state index in [1.165, 1.54) is 87.9 Å². The van der Waals surface area contributed by atoms with E-state index in [0.717, 1.165) is 22.0 Å². The predicted molar refractivity (Wildman–Crippen MR) is 154 cm³/mol. The highest BCUT2D eigenvalue weighted by Crippen LogP contribution is 2.27. The molecule has 0 atom stereocenters. The van der Waals surface area contributed by atoms with Crippen molar-refractivity contribution in [3.8, 4) is 0 Å². The predicted octanol–water partition coefficient (Wildman–Crippen LogP) is 8.50. The molecule has 36 heavy (non-hydrogen) atoms. The van der Waals surface area contributed by atoms with E-state index < -0.39 is 4.92 Å². The molecule has 196 valence electrons. The summed E-state index contributed by atoms with van der Waals surface area (Å²) in [6.45, 7) is 2.24. The zero-order valence-corrected chi connectivity index (χ0v) is 23.3. The molecule has 1 amide bonds. The first-order valence-electron chi connectivity index (χ1n) is 12.6. The number of halogens is 1. The van der Waals surface area contributed by atoms with Gasteiger partial charge in [-0.05, 0) is 42.5 Å². The van der Waals surface area contributed by atoms with E-state index in [1.807, 2.05) is 12.1 Å². The third-order valence-electron chi connectivity index (χ3n) is 5.54. The number of thioether (sulfide) groups is 2. The fourth-order valence-electron chi connectivity index (χ4n) is 3.54. The van der Waals surface area contributed by atoms with E-state index in [0.29, 0.717) is 10.6 Å². The second-order valence-corrected chi connectivity index (χ2v) is 11.2. The van der Waals surface area contributed by atoms with E-state index in [9.17, 15) is 14.9 Å². The Balaban J connectivity index is 1.76. The minimum absolute atomic E-state index is 0.00403. The number of amides is 1. The maximum atomic E-state index is 12.1. The monoisotopic (exact) mass is 549 g/mol.